The predicted octanol–water partition coefficient (Wildman–Crippen LogP) is 5.11. The molecule has 3 aromatic rings. The summed E-state index contributed by atoms with van der Waals surface area (Å²) in [5.41, 5.74) is 0.566. The Morgan fingerprint density at radius 2 is 1.76 bits per heavy atom. The van der Waals surface area contributed by atoms with E-state index >= 15 is 0 Å². The maximum absolute atomic E-state index is 12.6. The van der Waals surface area contributed by atoms with Crippen molar-refractivity contribution in [3.05, 3.63) is 54.1 Å². The lowest BCUT2D eigenvalue weighted by Gasteiger charge is -2.32. The zero-order valence-electron chi connectivity index (χ0n) is 15.4. The van der Waals surface area contributed by atoms with E-state index in [4.69, 9.17) is 0 Å². The first-order chi connectivity index (χ1) is 13.9. The summed E-state index contributed by atoms with van der Waals surface area (Å²) in [7, 11) is 0. The molecule has 2 N–H and O–H groups in total. The minimum absolute atomic E-state index is 0.00933. The lowest BCUT2D eigenvalue weighted by atomic mass is 10.1. The Morgan fingerprint density at radius 1 is 1.07 bits per heavy atom. The number of halogens is 3. The van der Waals surface area contributed by atoms with Gasteiger partial charge in [0.05, 0.1) is 15.8 Å². The Morgan fingerprint density at radius 3 is 2.41 bits per heavy atom. The van der Waals surface area contributed by atoms with Crippen molar-refractivity contribution in [2.45, 2.75) is 25.1 Å². The van der Waals surface area contributed by atoms with E-state index in [9.17, 15) is 18.0 Å². The van der Waals surface area contributed by atoms with Crippen LogP contribution in [0.2, 0.25) is 0 Å². The second kappa shape index (κ2) is 7.90. The van der Waals surface area contributed by atoms with Crippen molar-refractivity contribution < 1.29 is 18.0 Å². The molecule has 0 bridgehead atoms. The summed E-state index contributed by atoms with van der Waals surface area (Å²) in [5, 5.41) is 6.47. The zero-order chi connectivity index (χ0) is 20.4. The van der Waals surface area contributed by atoms with Gasteiger partial charge in [-0.1, -0.05) is 23.5 Å². The molecule has 0 aliphatic carbocycles. The normalized spacial score (nSPS) is 15.5. The molecule has 0 atom stereocenters. The van der Waals surface area contributed by atoms with Crippen LogP contribution in [0.25, 0.3) is 10.2 Å². The lowest BCUT2D eigenvalue weighted by Crippen LogP contribution is -2.46. The highest BCUT2D eigenvalue weighted by Crippen LogP contribution is 2.31. The molecule has 0 unspecified atom stereocenters. The van der Waals surface area contributed by atoms with Gasteiger partial charge in [0, 0.05) is 24.8 Å². The maximum atomic E-state index is 12.6. The van der Waals surface area contributed by atoms with Gasteiger partial charge in [0.25, 0.3) is 0 Å². The van der Waals surface area contributed by atoms with E-state index in [1.807, 2.05) is 18.2 Å². The Kier molecular flexibility index (Phi) is 5.31. The Balaban J connectivity index is 1.28. The molecule has 2 aromatic carbocycles. The maximum Gasteiger partial charge on any atom is 0.416 e. The van der Waals surface area contributed by atoms with Crippen molar-refractivity contribution in [2.24, 2.45) is 0 Å². The fraction of sp³-hybridized carbons (Fsp3) is 0.300. The third-order valence-electron chi connectivity index (χ3n) is 4.85. The summed E-state index contributed by atoms with van der Waals surface area (Å²) in [6.07, 6.45) is -2.84. The Bertz CT molecular complexity index is 962. The number of hydrogen-bond acceptors (Lipinski definition) is 4. The number of nitrogens with one attached hydrogen (secondary N) is 2. The Hall–Kier alpha value is -2.81. The number of nitrogens with zero attached hydrogens (tertiary/aromatic N) is 2. The van der Waals surface area contributed by atoms with Crippen molar-refractivity contribution in [2.75, 3.05) is 23.3 Å². The summed E-state index contributed by atoms with van der Waals surface area (Å²) in [6.45, 7) is 1.57. The van der Waals surface area contributed by atoms with E-state index in [0.29, 0.717) is 5.69 Å². The number of carbonyl (C=O) groups excluding carboxylic acids is 1. The highest BCUT2D eigenvalue weighted by Gasteiger charge is 2.30. The summed E-state index contributed by atoms with van der Waals surface area (Å²) < 4.78 is 38.9. The average Bonchev–Trinajstić information content (AvgIpc) is 3.12. The van der Waals surface area contributed by atoms with Crippen LogP contribution in [0.1, 0.15) is 18.4 Å². The minimum Gasteiger partial charge on any atom is -0.348 e. The molecule has 0 radical (unpaired) electrons. The van der Waals surface area contributed by atoms with Gasteiger partial charge in [0.2, 0.25) is 0 Å². The molecule has 0 saturated carbocycles. The predicted molar refractivity (Wildman–Crippen MR) is 108 cm³/mol. The van der Waals surface area contributed by atoms with Gasteiger partial charge in [-0.05, 0) is 49.2 Å². The van der Waals surface area contributed by atoms with Crippen molar-refractivity contribution in [3.63, 3.8) is 0 Å². The largest absolute Gasteiger partial charge is 0.416 e. The molecule has 2 heterocycles. The third-order valence-corrected chi connectivity index (χ3v) is 5.95. The molecular formula is C20H19F3N4OS. The van der Waals surface area contributed by atoms with Gasteiger partial charge in [-0.15, -0.1) is 0 Å². The number of rotatable bonds is 3. The number of urea groups is 1. The number of piperidine rings is 1. The standard InChI is InChI=1S/C20H19F3N4OS/c21-20(22,23)13-5-7-14(8-6-13)24-18(28)25-15-9-11-27(12-10-15)19-26-16-3-1-2-4-17(16)29-19/h1-8,15H,9-12H2,(H2,24,25,28). The van der Waals surface area contributed by atoms with Gasteiger partial charge >= 0.3 is 12.2 Å². The summed E-state index contributed by atoms with van der Waals surface area (Å²) >= 11 is 1.66. The molecule has 2 amide bonds. The average molecular weight is 420 g/mol. The molecule has 4 rings (SSSR count). The van der Waals surface area contributed by atoms with Crippen molar-refractivity contribution in [3.8, 4) is 0 Å². The van der Waals surface area contributed by atoms with Gasteiger partial charge in [-0.3, -0.25) is 0 Å². The van der Waals surface area contributed by atoms with Crippen molar-refractivity contribution in [1.82, 2.24) is 10.3 Å². The number of anilines is 2. The van der Waals surface area contributed by atoms with Crippen molar-refractivity contribution in [1.29, 1.82) is 0 Å². The van der Waals surface area contributed by atoms with Crippen LogP contribution < -0.4 is 15.5 Å². The van der Waals surface area contributed by atoms with E-state index in [1.54, 1.807) is 11.3 Å². The van der Waals surface area contributed by atoms with E-state index in [2.05, 4.69) is 26.6 Å². The molecule has 9 heteroatoms. The smallest absolute Gasteiger partial charge is 0.348 e. The number of hydrogen-bond donors (Lipinski definition) is 2. The van der Waals surface area contributed by atoms with Crippen LogP contribution in [0.15, 0.2) is 48.5 Å². The van der Waals surface area contributed by atoms with Crippen LogP contribution in [0.3, 0.4) is 0 Å². The monoisotopic (exact) mass is 420 g/mol. The van der Waals surface area contributed by atoms with Crippen LogP contribution in [0.4, 0.5) is 28.8 Å². The molecule has 0 spiro atoms. The van der Waals surface area contributed by atoms with Crippen LogP contribution in [0.5, 0.6) is 0 Å². The number of thiazole rings is 1. The van der Waals surface area contributed by atoms with Gasteiger partial charge in [-0.25, -0.2) is 9.78 Å². The number of carbonyl (C=O) groups is 1. The summed E-state index contributed by atoms with van der Waals surface area (Å²) in [6, 6.07) is 12.0. The van der Waals surface area contributed by atoms with E-state index in [0.717, 1.165) is 53.4 Å². The summed E-state index contributed by atoms with van der Waals surface area (Å²) in [4.78, 5) is 19.0. The van der Waals surface area contributed by atoms with E-state index in [1.165, 1.54) is 12.1 Å². The lowest BCUT2D eigenvalue weighted by molar-refractivity contribution is -0.137. The van der Waals surface area contributed by atoms with Crippen LogP contribution in [-0.2, 0) is 6.18 Å². The molecule has 152 valence electrons. The fourth-order valence-electron chi connectivity index (χ4n) is 3.31. The third kappa shape index (κ3) is 4.61. The van der Waals surface area contributed by atoms with Gasteiger partial charge in [0.15, 0.2) is 5.13 Å². The molecule has 1 aliphatic heterocycles. The first kappa shape index (κ1) is 19.5. The molecule has 29 heavy (non-hydrogen) atoms. The number of fused-ring (bicyclic) bond motifs is 1. The van der Waals surface area contributed by atoms with Crippen LogP contribution in [-0.4, -0.2) is 30.1 Å². The number of aromatic nitrogens is 1. The van der Waals surface area contributed by atoms with Gasteiger partial charge in [-0.2, -0.15) is 13.2 Å². The quantitative estimate of drug-likeness (QED) is 0.619. The first-order valence-corrected chi connectivity index (χ1v) is 10.1. The van der Waals surface area contributed by atoms with Crippen LogP contribution in [0, 0.1) is 0 Å². The first-order valence-electron chi connectivity index (χ1n) is 9.24. The van der Waals surface area contributed by atoms with E-state index < -0.39 is 17.8 Å². The van der Waals surface area contributed by atoms with E-state index in [-0.39, 0.29) is 6.04 Å². The zero-order valence-corrected chi connectivity index (χ0v) is 16.2. The second-order valence-electron chi connectivity index (χ2n) is 6.90. The van der Waals surface area contributed by atoms with Crippen LogP contribution >= 0.6 is 11.3 Å². The highest BCUT2D eigenvalue weighted by molar-refractivity contribution is 7.22. The molecule has 1 aromatic heterocycles. The molecule has 1 aliphatic rings. The summed E-state index contributed by atoms with van der Waals surface area (Å²) in [5.74, 6) is 0. The Labute approximate surface area is 169 Å². The number of para-hydroxylation sites is 1. The van der Waals surface area contributed by atoms with Crippen molar-refractivity contribution >= 4 is 38.4 Å². The fourth-order valence-corrected chi connectivity index (χ4v) is 4.32. The molecule has 1 saturated heterocycles. The number of benzene rings is 2. The molecule has 1 fully saturated rings. The topological polar surface area (TPSA) is 57.3 Å². The minimum atomic E-state index is -4.39. The highest BCUT2D eigenvalue weighted by atomic mass is 32.1. The molecular weight excluding hydrogens is 401 g/mol. The SMILES string of the molecule is O=C(Nc1ccc(C(F)(F)F)cc1)NC1CCN(c2nc3ccccc3s2)CC1. The van der Waals surface area contributed by atoms with Gasteiger partial charge < -0.3 is 15.5 Å². The molecule has 5 nitrogen and oxygen atoms in total. The number of alkyl halides is 3. The second-order valence-corrected chi connectivity index (χ2v) is 7.91. The number of amides is 2. The van der Waals surface area contributed by atoms with Gasteiger partial charge in [0.1, 0.15) is 0 Å².